The first kappa shape index (κ1) is 21.4. The average molecular weight is 390 g/mol. The molecule has 0 atom stereocenters. The molecule has 0 unspecified atom stereocenters. The third-order valence-electron chi connectivity index (χ3n) is 6.19. The third kappa shape index (κ3) is 6.08. The van der Waals surface area contributed by atoms with Gasteiger partial charge in [-0.15, -0.1) is 0 Å². The van der Waals surface area contributed by atoms with E-state index >= 15 is 0 Å². The van der Waals surface area contributed by atoms with Crippen LogP contribution < -0.4 is 0 Å². The topological polar surface area (TPSA) is 66.4 Å². The van der Waals surface area contributed by atoms with E-state index in [9.17, 15) is 4.39 Å². The van der Waals surface area contributed by atoms with Crippen molar-refractivity contribution in [3.8, 4) is 0 Å². The van der Waals surface area contributed by atoms with E-state index in [1.54, 1.807) is 0 Å². The van der Waals surface area contributed by atoms with Gasteiger partial charge in [0.15, 0.2) is 11.6 Å². The molecule has 2 aliphatic heterocycles. The van der Waals surface area contributed by atoms with Crippen LogP contribution in [0.15, 0.2) is 0 Å². The van der Waals surface area contributed by atoms with Gasteiger partial charge in [-0.1, -0.05) is 0 Å². The Labute approximate surface area is 161 Å². The molecule has 2 spiro atoms. The van der Waals surface area contributed by atoms with Gasteiger partial charge in [0.2, 0.25) is 0 Å². The fourth-order valence-electron chi connectivity index (χ4n) is 4.46. The Morgan fingerprint density at radius 3 is 1.63 bits per heavy atom. The van der Waals surface area contributed by atoms with Crippen molar-refractivity contribution in [1.29, 1.82) is 0 Å². The molecule has 1 N–H and O–H groups in total. The van der Waals surface area contributed by atoms with E-state index in [4.69, 9.17) is 28.8 Å². The number of halogens is 1. The lowest BCUT2D eigenvalue weighted by atomic mass is 9.85. The van der Waals surface area contributed by atoms with E-state index in [0.29, 0.717) is 25.0 Å². The van der Waals surface area contributed by atoms with Crippen LogP contribution in [0.25, 0.3) is 0 Å². The summed E-state index contributed by atoms with van der Waals surface area (Å²) >= 11 is 0. The van der Waals surface area contributed by atoms with Gasteiger partial charge in [-0.2, -0.15) is 0 Å². The van der Waals surface area contributed by atoms with Crippen LogP contribution in [0.5, 0.6) is 0 Å². The summed E-state index contributed by atoms with van der Waals surface area (Å²) in [4.78, 5) is 0. The summed E-state index contributed by atoms with van der Waals surface area (Å²) in [5, 5.41) is 8.94. The zero-order chi connectivity index (χ0) is 19.0. The first-order valence-electron chi connectivity index (χ1n) is 10.5. The summed E-state index contributed by atoms with van der Waals surface area (Å²) in [6.07, 6.45) is 8.02. The molecule has 27 heavy (non-hydrogen) atoms. The molecule has 0 aromatic heterocycles. The summed E-state index contributed by atoms with van der Waals surface area (Å²) in [5.74, 6) is 0.487. The second kappa shape index (κ2) is 10.5. The summed E-state index contributed by atoms with van der Waals surface area (Å²) < 4.78 is 39.4. The SMILES string of the molecule is FCCOCC1CCC2(CC1)OCCO2.OCC1CCC2(CC1)OCCO2. The Morgan fingerprint density at radius 2 is 1.22 bits per heavy atom. The number of ether oxygens (including phenoxy) is 5. The first-order chi connectivity index (χ1) is 13.2. The van der Waals surface area contributed by atoms with E-state index in [-0.39, 0.29) is 24.9 Å². The predicted molar refractivity (Wildman–Crippen MR) is 97.1 cm³/mol. The highest BCUT2D eigenvalue weighted by molar-refractivity contribution is 4.83. The lowest BCUT2D eigenvalue weighted by molar-refractivity contribution is -0.184. The smallest absolute Gasteiger partial charge is 0.168 e. The molecule has 4 fully saturated rings. The van der Waals surface area contributed by atoms with Gasteiger partial charge in [-0.25, -0.2) is 4.39 Å². The maximum absolute atomic E-state index is 11.8. The van der Waals surface area contributed by atoms with E-state index in [1.807, 2.05) is 0 Å². The lowest BCUT2D eigenvalue weighted by Gasteiger charge is -2.35. The normalized spacial score (nSPS) is 29.8. The Bertz CT molecular complexity index is 403. The quantitative estimate of drug-likeness (QED) is 0.728. The fraction of sp³-hybridized carbons (Fsp3) is 1.00. The van der Waals surface area contributed by atoms with E-state index in [0.717, 1.165) is 77.8 Å². The van der Waals surface area contributed by atoms with Gasteiger partial charge < -0.3 is 28.8 Å². The fourth-order valence-corrected chi connectivity index (χ4v) is 4.46. The number of alkyl halides is 1. The van der Waals surface area contributed by atoms with Crippen molar-refractivity contribution in [3.63, 3.8) is 0 Å². The van der Waals surface area contributed by atoms with Crippen LogP contribution >= 0.6 is 0 Å². The number of aliphatic hydroxyl groups excluding tert-OH is 1. The maximum atomic E-state index is 11.8. The van der Waals surface area contributed by atoms with Crippen molar-refractivity contribution >= 4 is 0 Å². The highest BCUT2D eigenvalue weighted by Gasteiger charge is 2.41. The Hall–Kier alpha value is -0.310. The van der Waals surface area contributed by atoms with Crippen LogP contribution in [0.3, 0.4) is 0 Å². The van der Waals surface area contributed by atoms with Crippen LogP contribution in [0.1, 0.15) is 51.4 Å². The van der Waals surface area contributed by atoms with E-state index in [1.165, 1.54) is 0 Å². The van der Waals surface area contributed by atoms with Gasteiger partial charge in [0.25, 0.3) is 0 Å². The molecule has 0 radical (unpaired) electrons. The highest BCUT2D eigenvalue weighted by atomic mass is 19.1. The molecule has 0 aromatic carbocycles. The van der Waals surface area contributed by atoms with Crippen LogP contribution in [0.2, 0.25) is 0 Å². The Balaban J connectivity index is 0.000000159. The van der Waals surface area contributed by atoms with Crippen molar-refractivity contribution in [1.82, 2.24) is 0 Å². The largest absolute Gasteiger partial charge is 0.396 e. The molecular formula is C20H35FO6. The molecule has 2 aliphatic carbocycles. The molecular weight excluding hydrogens is 355 g/mol. The second-order valence-electron chi connectivity index (χ2n) is 8.05. The maximum Gasteiger partial charge on any atom is 0.168 e. The molecule has 0 aromatic rings. The molecule has 2 saturated carbocycles. The second-order valence-corrected chi connectivity index (χ2v) is 8.05. The van der Waals surface area contributed by atoms with Gasteiger partial charge in [-0.05, 0) is 37.5 Å². The Morgan fingerprint density at radius 1 is 0.778 bits per heavy atom. The monoisotopic (exact) mass is 390 g/mol. The molecule has 158 valence electrons. The summed E-state index contributed by atoms with van der Waals surface area (Å²) in [6, 6.07) is 0. The summed E-state index contributed by atoms with van der Waals surface area (Å²) in [5.41, 5.74) is 0. The molecule has 0 amide bonds. The zero-order valence-corrected chi connectivity index (χ0v) is 16.3. The van der Waals surface area contributed by atoms with Crippen LogP contribution in [-0.2, 0) is 23.7 Å². The Kier molecular flexibility index (Phi) is 8.29. The molecule has 6 nitrogen and oxygen atoms in total. The minimum absolute atomic E-state index is 0.231. The minimum atomic E-state index is -0.386. The molecule has 2 saturated heterocycles. The summed E-state index contributed by atoms with van der Waals surface area (Å²) in [7, 11) is 0. The molecule has 4 aliphatic rings. The third-order valence-corrected chi connectivity index (χ3v) is 6.19. The first-order valence-corrected chi connectivity index (χ1v) is 10.5. The predicted octanol–water partition coefficient (Wildman–Crippen LogP) is 2.82. The van der Waals surface area contributed by atoms with Gasteiger partial charge >= 0.3 is 0 Å². The number of aliphatic hydroxyl groups is 1. The van der Waals surface area contributed by atoms with Crippen molar-refractivity contribution in [2.24, 2.45) is 11.8 Å². The van der Waals surface area contributed by atoms with Gasteiger partial charge in [0.1, 0.15) is 6.67 Å². The standard InChI is InChI=1S/C11H19FO3.C9H16O3/c12-5-6-13-9-10-1-3-11(4-2-10)14-7-8-15-11;10-7-8-1-3-9(4-2-8)11-5-6-12-9/h10H,1-9H2;8,10H,1-7H2. The number of hydrogen-bond donors (Lipinski definition) is 1. The zero-order valence-electron chi connectivity index (χ0n) is 16.3. The molecule has 2 heterocycles. The van der Waals surface area contributed by atoms with E-state index in [2.05, 4.69) is 0 Å². The highest BCUT2D eigenvalue weighted by Crippen LogP contribution is 2.39. The molecule has 0 bridgehead atoms. The summed E-state index contributed by atoms with van der Waals surface area (Å²) in [6.45, 7) is 3.77. The van der Waals surface area contributed by atoms with Crippen LogP contribution in [0, 0.1) is 11.8 Å². The van der Waals surface area contributed by atoms with Gasteiger partial charge in [0, 0.05) is 38.9 Å². The van der Waals surface area contributed by atoms with Crippen LogP contribution in [0.4, 0.5) is 4.39 Å². The van der Waals surface area contributed by atoms with Crippen molar-refractivity contribution in [2.75, 3.05) is 52.9 Å². The van der Waals surface area contributed by atoms with E-state index < -0.39 is 0 Å². The van der Waals surface area contributed by atoms with Crippen LogP contribution in [-0.4, -0.2) is 69.6 Å². The van der Waals surface area contributed by atoms with Gasteiger partial charge in [0.05, 0.1) is 33.0 Å². The van der Waals surface area contributed by atoms with Crippen molar-refractivity contribution in [3.05, 3.63) is 0 Å². The molecule has 4 rings (SSSR count). The lowest BCUT2D eigenvalue weighted by Crippen LogP contribution is -2.36. The number of rotatable bonds is 5. The van der Waals surface area contributed by atoms with Crippen molar-refractivity contribution in [2.45, 2.75) is 62.9 Å². The minimum Gasteiger partial charge on any atom is -0.396 e. The number of hydrogen-bond acceptors (Lipinski definition) is 6. The van der Waals surface area contributed by atoms with Crippen molar-refractivity contribution < 1.29 is 33.2 Å². The molecule has 7 heteroatoms. The average Bonchev–Trinajstić information content (AvgIpc) is 3.35. The van der Waals surface area contributed by atoms with Gasteiger partial charge in [-0.3, -0.25) is 0 Å².